The summed E-state index contributed by atoms with van der Waals surface area (Å²) in [4.78, 5) is 87.4. The summed E-state index contributed by atoms with van der Waals surface area (Å²) >= 11 is 0. The highest BCUT2D eigenvalue weighted by Crippen LogP contribution is 2.09. The summed E-state index contributed by atoms with van der Waals surface area (Å²) in [6.07, 6.45) is -0.246. The first-order valence-corrected chi connectivity index (χ1v) is 15.2. The van der Waals surface area contributed by atoms with Crippen molar-refractivity contribution in [1.82, 2.24) is 26.6 Å². The molecular weight excluding hydrogens is 600 g/mol. The quantitative estimate of drug-likeness (QED) is 0.0970. The topological polar surface area (TPSA) is 246 Å². The molecule has 0 fully saturated rings. The number of amides is 5. The van der Waals surface area contributed by atoms with E-state index in [1.54, 1.807) is 30.3 Å². The molecule has 0 aromatic heterocycles. The Balaban J connectivity index is 2.94. The Kier molecular flexibility index (Phi) is 16.4. The first-order chi connectivity index (χ1) is 21.4. The lowest BCUT2D eigenvalue weighted by molar-refractivity contribution is -0.143. The van der Waals surface area contributed by atoms with Gasteiger partial charge in [-0.3, -0.25) is 28.8 Å². The average molecular weight is 649 g/mol. The normalized spacial score (nSPS) is 15.0. The van der Waals surface area contributed by atoms with Crippen LogP contribution in [0.1, 0.15) is 66.4 Å². The third kappa shape index (κ3) is 14.5. The number of carbonyl (C=O) groups is 7. The molecule has 0 saturated heterocycles. The van der Waals surface area contributed by atoms with Crippen molar-refractivity contribution < 1.29 is 43.8 Å². The van der Waals surface area contributed by atoms with Gasteiger partial charge in [-0.15, -0.1) is 0 Å². The van der Waals surface area contributed by atoms with E-state index >= 15 is 0 Å². The molecule has 0 radical (unpaired) electrons. The maximum atomic E-state index is 13.2. The van der Waals surface area contributed by atoms with E-state index in [2.05, 4.69) is 26.6 Å². The van der Waals surface area contributed by atoms with Gasteiger partial charge in [-0.1, -0.05) is 58.0 Å². The lowest BCUT2D eigenvalue weighted by Gasteiger charge is -2.25. The van der Waals surface area contributed by atoms with Crippen LogP contribution >= 0.6 is 0 Å². The van der Waals surface area contributed by atoms with E-state index in [0.29, 0.717) is 12.0 Å². The fourth-order valence-electron chi connectivity index (χ4n) is 4.38. The predicted molar refractivity (Wildman–Crippen MR) is 168 cm³/mol. The number of rotatable bonds is 19. The van der Waals surface area contributed by atoms with Crippen LogP contribution in [-0.2, 0) is 40.0 Å². The summed E-state index contributed by atoms with van der Waals surface area (Å²) in [7, 11) is 0. The average Bonchev–Trinajstić information content (AvgIpc) is 2.95. The molecular formula is C31H48N6O9. The molecule has 0 spiro atoms. The molecule has 1 rings (SSSR count). The summed E-state index contributed by atoms with van der Waals surface area (Å²) < 4.78 is 0. The van der Waals surface area contributed by atoms with Crippen molar-refractivity contribution in [3.05, 3.63) is 35.9 Å². The minimum absolute atomic E-state index is 0.0283. The molecule has 0 heterocycles. The number of nitrogens with one attached hydrogen (secondary N) is 5. The molecule has 15 heteroatoms. The standard InChI is InChI=1S/C31H48N6O9/c1-16(2)12-21(32)28(42)36-23(15-25(38)39)29(43)34-18(5)26(40)33-19(6)27(41)35-22(14-20-10-8-7-9-11-20)30(44)37-24(31(45)46)13-17(3)4/h7-11,16-19,21-24H,12-15,32H2,1-6H3,(H,33,40)(H,34,43)(H,35,41)(H,36,42)(H,37,44)(H,38,39)(H,45,46)/t18-,19-,21-,22-,23-,24-/m0/s1. The molecule has 9 N–H and O–H groups in total. The molecule has 1 aromatic carbocycles. The Morgan fingerprint density at radius 3 is 1.57 bits per heavy atom. The number of hydrogen-bond acceptors (Lipinski definition) is 8. The fourth-order valence-corrected chi connectivity index (χ4v) is 4.38. The van der Waals surface area contributed by atoms with E-state index < -0.39 is 84.1 Å². The summed E-state index contributed by atoms with van der Waals surface area (Å²) in [5.41, 5.74) is 6.53. The van der Waals surface area contributed by atoms with Crippen LogP contribution in [0.5, 0.6) is 0 Å². The van der Waals surface area contributed by atoms with Gasteiger partial charge in [0.05, 0.1) is 12.5 Å². The molecule has 46 heavy (non-hydrogen) atoms. The number of aliphatic carboxylic acids is 2. The molecule has 0 saturated carbocycles. The Labute approximate surface area is 268 Å². The number of benzene rings is 1. The molecule has 6 atom stereocenters. The molecule has 15 nitrogen and oxygen atoms in total. The highest BCUT2D eigenvalue weighted by molar-refractivity contribution is 5.97. The highest BCUT2D eigenvalue weighted by atomic mass is 16.4. The molecule has 0 aliphatic heterocycles. The van der Waals surface area contributed by atoms with Crippen molar-refractivity contribution in [2.75, 3.05) is 0 Å². The van der Waals surface area contributed by atoms with Gasteiger partial charge in [0.1, 0.15) is 30.2 Å². The largest absolute Gasteiger partial charge is 0.481 e. The van der Waals surface area contributed by atoms with E-state index in [-0.39, 0.29) is 24.7 Å². The first kappa shape index (κ1) is 39.5. The zero-order valence-electron chi connectivity index (χ0n) is 27.2. The van der Waals surface area contributed by atoms with Gasteiger partial charge in [-0.05, 0) is 44.1 Å². The van der Waals surface area contributed by atoms with Crippen molar-refractivity contribution in [2.45, 2.75) is 103 Å². The molecule has 0 aliphatic rings. The van der Waals surface area contributed by atoms with Crippen LogP contribution in [-0.4, -0.2) is 87.9 Å². The zero-order chi connectivity index (χ0) is 35.1. The Morgan fingerprint density at radius 1 is 0.609 bits per heavy atom. The number of nitrogens with two attached hydrogens (primary N) is 1. The molecule has 0 bridgehead atoms. The lowest BCUT2D eigenvalue weighted by atomic mass is 10.0. The summed E-state index contributed by atoms with van der Waals surface area (Å²) in [6, 6.07) is 1.45. The van der Waals surface area contributed by atoms with Crippen molar-refractivity contribution in [3.63, 3.8) is 0 Å². The summed E-state index contributed by atoms with van der Waals surface area (Å²) in [5.74, 6) is -6.48. The van der Waals surface area contributed by atoms with Gasteiger partial charge in [0, 0.05) is 6.42 Å². The maximum absolute atomic E-state index is 13.2. The number of carbonyl (C=O) groups excluding carboxylic acids is 5. The van der Waals surface area contributed by atoms with Crippen molar-refractivity contribution in [1.29, 1.82) is 0 Å². The molecule has 256 valence electrons. The van der Waals surface area contributed by atoms with Crippen LogP contribution in [0.3, 0.4) is 0 Å². The smallest absolute Gasteiger partial charge is 0.326 e. The van der Waals surface area contributed by atoms with Gasteiger partial charge >= 0.3 is 11.9 Å². The molecule has 0 unspecified atom stereocenters. The van der Waals surface area contributed by atoms with Crippen molar-refractivity contribution in [2.24, 2.45) is 17.6 Å². The lowest BCUT2D eigenvalue weighted by Crippen LogP contribution is -2.58. The summed E-state index contributed by atoms with van der Waals surface area (Å²) in [6.45, 7) is 9.96. The van der Waals surface area contributed by atoms with Gasteiger partial charge in [-0.2, -0.15) is 0 Å². The van der Waals surface area contributed by atoms with Crippen molar-refractivity contribution >= 4 is 41.5 Å². The van der Waals surface area contributed by atoms with Crippen LogP contribution in [0.15, 0.2) is 30.3 Å². The van der Waals surface area contributed by atoms with Crippen LogP contribution in [0, 0.1) is 11.8 Å². The monoisotopic (exact) mass is 648 g/mol. The van der Waals surface area contributed by atoms with Gasteiger partial charge in [-0.25, -0.2) is 4.79 Å². The van der Waals surface area contributed by atoms with Crippen LogP contribution in [0.4, 0.5) is 0 Å². The van der Waals surface area contributed by atoms with Gasteiger partial charge < -0.3 is 42.5 Å². The molecule has 5 amide bonds. The zero-order valence-corrected chi connectivity index (χ0v) is 27.2. The second-order valence-electron chi connectivity index (χ2n) is 12.1. The van der Waals surface area contributed by atoms with E-state index in [9.17, 15) is 43.8 Å². The minimum atomic E-state index is -1.51. The van der Waals surface area contributed by atoms with Crippen LogP contribution in [0.2, 0.25) is 0 Å². The Morgan fingerprint density at radius 2 is 1.07 bits per heavy atom. The van der Waals surface area contributed by atoms with Crippen LogP contribution in [0.25, 0.3) is 0 Å². The second kappa shape index (κ2) is 19.1. The van der Waals surface area contributed by atoms with E-state index in [1.807, 2.05) is 27.7 Å². The molecule has 0 aliphatic carbocycles. The van der Waals surface area contributed by atoms with E-state index in [0.717, 1.165) is 0 Å². The highest BCUT2D eigenvalue weighted by Gasteiger charge is 2.31. The Bertz CT molecular complexity index is 1220. The Hall–Kier alpha value is -4.53. The number of hydrogen-bond donors (Lipinski definition) is 8. The van der Waals surface area contributed by atoms with E-state index in [4.69, 9.17) is 5.73 Å². The maximum Gasteiger partial charge on any atom is 0.326 e. The first-order valence-electron chi connectivity index (χ1n) is 15.2. The van der Waals surface area contributed by atoms with Gasteiger partial charge in [0.15, 0.2) is 0 Å². The molecule has 1 aromatic rings. The van der Waals surface area contributed by atoms with E-state index in [1.165, 1.54) is 13.8 Å². The third-order valence-corrected chi connectivity index (χ3v) is 6.82. The third-order valence-electron chi connectivity index (χ3n) is 6.82. The van der Waals surface area contributed by atoms with Gasteiger partial charge in [0.25, 0.3) is 0 Å². The number of carboxylic acids is 2. The van der Waals surface area contributed by atoms with Gasteiger partial charge in [0.2, 0.25) is 29.5 Å². The SMILES string of the molecule is CC(C)C[C@H](NC(=O)[C@H](Cc1ccccc1)NC(=O)[C@H](C)NC(=O)[C@H](C)NC(=O)[C@H](CC(=O)O)NC(=O)[C@@H](N)CC(C)C)C(=O)O. The second-order valence-corrected chi connectivity index (χ2v) is 12.1. The van der Waals surface area contributed by atoms with Crippen LogP contribution < -0.4 is 32.3 Å². The fraction of sp³-hybridized carbons (Fsp3) is 0.581. The van der Waals surface area contributed by atoms with Crippen molar-refractivity contribution in [3.8, 4) is 0 Å². The minimum Gasteiger partial charge on any atom is -0.481 e. The predicted octanol–water partition coefficient (Wildman–Crippen LogP) is -0.328. The summed E-state index contributed by atoms with van der Waals surface area (Å²) in [5, 5.41) is 30.9. The number of carboxylic acid groups (broad SMARTS) is 2.